The first kappa shape index (κ1) is 13.2. The maximum absolute atomic E-state index is 11.1. The zero-order valence-electron chi connectivity index (χ0n) is 8.28. The zero-order valence-corrected chi connectivity index (χ0v) is 9.10. The van der Waals surface area contributed by atoms with Gasteiger partial charge in [0.05, 0.1) is 5.75 Å². The average Bonchev–Trinajstić information content (AvgIpc) is 2.15. The molecule has 1 unspecified atom stereocenters. The number of methoxy groups -OCH3 is 1. The van der Waals surface area contributed by atoms with Gasteiger partial charge in [0, 0.05) is 19.4 Å². The van der Waals surface area contributed by atoms with Crippen molar-refractivity contribution in [3.8, 4) is 0 Å². The molecule has 0 aliphatic heterocycles. The summed E-state index contributed by atoms with van der Waals surface area (Å²) in [4.78, 5) is 21.2. The molecule has 6 heteroatoms. The SMILES string of the molecule is COC(C)C(=O)NCCSCC(=O)O. The van der Waals surface area contributed by atoms with Crippen LogP contribution in [0.4, 0.5) is 0 Å². The first-order chi connectivity index (χ1) is 6.57. The Bertz CT molecular complexity index is 198. The van der Waals surface area contributed by atoms with E-state index in [1.165, 1.54) is 18.9 Å². The molecule has 0 aliphatic carbocycles. The fourth-order valence-electron chi connectivity index (χ4n) is 0.657. The molecule has 2 N–H and O–H groups in total. The smallest absolute Gasteiger partial charge is 0.313 e. The number of carboxylic acids is 1. The van der Waals surface area contributed by atoms with Crippen LogP contribution in [-0.4, -0.2) is 48.2 Å². The van der Waals surface area contributed by atoms with E-state index in [9.17, 15) is 9.59 Å². The van der Waals surface area contributed by atoms with Gasteiger partial charge in [-0.1, -0.05) is 0 Å². The Morgan fingerprint density at radius 3 is 2.71 bits per heavy atom. The van der Waals surface area contributed by atoms with Gasteiger partial charge >= 0.3 is 5.97 Å². The van der Waals surface area contributed by atoms with Gasteiger partial charge in [-0.05, 0) is 6.92 Å². The minimum absolute atomic E-state index is 0.0652. The van der Waals surface area contributed by atoms with Crippen LogP contribution in [0, 0.1) is 0 Å². The maximum Gasteiger partial charge on any atom is 0.313 e. The minimum atomic E-state index is -0.841. The van der Waals surface area contributed by atoms with Crippen LogP contribution >= 0.6 is 11.8 Å². The molecule has 0 aliphatic rings. The number of hydrogen-bond donors (Lipinski definition) is 2. The van der Waals surface area contributed by atoms with Gasteiger partial charge in [0.1, 0.15) is 6.10 Å². The van der Waals surface area contributed by atoms with Crippen molar-refractivity contribution in [2.75, 3.05) is 25.2 Å². The van der Waals surface area contributed by atoms with E-state index in [2.05, 4.69) is 5.32 Å². The Morgan fingerprint density at radius 2 is 2.21 bits per heavy atom. The number of amides is 1. The molecule has 0 spiro atoms. The molecule has 0 aromatic carbocycles. The molecule has 0 aromatic heterocycles. The van der Waals surface area contributed by atoms with Crippen molar-refractivity contribution in [2.45, 2.75) is 13.0 Å². The Balaban J connectivity index is 3.36. The monoisotopic (exact) mass is 221 g/mol. The molecule has 0 fully saturated rings. The van der Waals surface area contributed by atoms with E-state index in [0.717, 1.165) is 0 Å². The van der Waals surface area contributed by atoms with Gasteiger partial charge in [-0.2, -0.15) is 0 Å². The van der Waals surface area contributed by atoms with E-state index >= 15 is 0 Å². The van der Waals surface area contributed by atoms with E-state index < -0.39 is 12.1 Å². The Labute approximate surface area is 87.2 Å². The summed E-state index contributed by atoms with van der Waals surface area (Å²) in [5, 5.41) is 10.9. The van der Waals surface area contributed by atoms with Crippen molar-refractivity contribution in [3.63, 3.8) is 0 Å². The van der Waals surface area contributed by atoms with E-state index in [1.807, 2.05) is 0 Å². The standard InChI is InChI=1S/C8H15NO4S/c1-6(13-2)8(12)9-3-4-14-5-7(10)11/h6H,3-5H2,1-2H3,(H,9,12)(H,10,11). The summed E-state index contributed by atoms with van der Waals surface area (Å²) in [5.74, 6) is -0.362. The van der Waals surface area contributed by atoms with Crippen molar-refractivity contribution >= 4 is 23.6 Å². The van der Waals surface area contributed by atoms with Gasteiger partial charge in [-0.25, -0.2) is 0 Å². The summed E-state index contributed by atoms with van der Waals surface area (Å²) in [6, 6.07) is 0. The van der Waals surface area contributed by atoms with Crippen molar-refractivity contribution in [3.05, 3.63) is 0 Å². The fraction of sp³-hybridized carbons (Fsp3) is 0.750. The molecule has 5 nitrogen and oxygen atoms in total. The summed E-state index contributed by atoms with van der Waals surface area (Å²) in [5.41, 5.74) is 0. The Morgan fingerprint density at radius 1 is 1.57 bits per heavy atom. The topological polar surface area (TPSA) is 75.6 Å². The summed E-state index contributed by atoms with van der Waals surface area (Å²) < 4.78 is 4.79. The third-order valence-electron chi connectivity index (χ3n) is 1.49. The Hall–Kier alpha value is -0.750. The fourth-order valence-corrected chi connectivity index (χ4v) is 1.22. The van der Waals surface area contributed by atoms with Gasteiger partial charge in [0.15, 0.2) is 0 Å². The number of hydrogen-bond acceptors (Lipinski definition) is 4. The molecule has 0 heterocycles. The highest BCUT2D eigenvalue weighted by Crippen LogP contribution is 1.97. The third-order valence-corrected chi connectivity index (χ3v) is 2.44. The average molecular weight is 221 g/mol. The molecule has 82 valence electrons. The summed E-state index contributed by atoms with van der Waals surface area (Å²) in [6.45, 7) is 2.12. The van der Waals surface area contributed by atoms with Crippen LogP contribution in [0.25, 0.3) is 0 Å². The number of carbonyl (C=O) groups excluding carboxylic acids is 1. The van der Waals surface area contributed by atoms with Crippen LogP contribution in [-0.2, 0) is 14.3 Å². The highest BCUT2D eigenvalue weighted by atomic mass is 32.2. The van der Waals surface area contributed by atoms with Gasteiger partial charge in [0.25, 0.3) is 0 Å². The minimum Gasteiger partial charge on any atom is -0.481 e. The zero-order chi connectivity index (χ0) is 11.0. The number of carbonyl (C=O) groups is 2. The predicted molar refractivity (Wildman–Crippen MR) is 54.4 cm³/mol. The lowest BCUT2D eigenvalue weighted by Crippen LogP contribution is -2.35. The normalized spacial score (nSPS) is 12.1. The highest BCUT2D eigenvalue weighted by Gasteiger charge is 2.09. The van der Waals surface area contributed by atoms with Crippen LogP contribution in [0.5, 0.6) is 0 Å². The van der Waals surface area contributed by atoms with E-state index in [1.54, 1.807) is 6.92 Å². The molecule has 14 heavy (non-hydrogen) atoms. The number of ether oxygens (including phenoxy) is 1. The van der Waals surface area contributed by atoms with Gasteiger partial charge < -0.3 is 15.2 Å². The van der Waals surface area contributed by atoms with Crippen LogP contribution < -0.4 is 5.32 Å². The molecule has 0 aromatic rings. The third kappa shape index (κ3) is 6.73. The second-order valence-electron chi connectivity index (χ2n) is 2.62. The van der Waals surface area contributed by atoms with Crippen LogP contribution in [0.1, 0.15) is 6.92 Å². The van der Waals surface area contributed by atoms with Gasteiger partial charge in [-0.15, -0.1) is 11.8 Å². The Kier molecular flexibility index (Phi) is 7.23. The molecule has 0 saturated heterocycles. The molecule has 0 bridgehead atoms. The van der Waals surface area contributed by atoms with Gasteiger partial charge in [-0.3, -0.25) is 9.59 Å². The van der Waals surface area contributed by atoms with Crippen LogP contribution in [0.3, 0.4) is 0 Å². The van der Waals surface area contributed by atoms with Crippen molar-refractivity contribution in [1.82, 2.24) is 5.32 Å². The lowest BCUT2D eigenvalue weighted by molar-refractivity contribution is -0.134. The lowest BCUT2D eigenvalue weighted by atomic mass is 10.4. The molecule has 1 atom stereocenters. The largest absolute Gasteiger partial charge is 0.481 e. The summed E-state index contributed by atoms with van der Waals surface area (Å²) in [6.07, 6.45) is -0.459. The number of aliphatic carboxylic acids is 1. The maximum atomic E-state index is 11.1. The molecule has 0 saturated carbocycles. The van der Waals surface area contributed by atoms with Crippen molar-refractivity contribution < 1.29 is 19.4 Å². The quantitative estimate of drug-likeness (QED) is 0.590. The van der Waals surface area contributed by atoms with E-state index in [-0.39, 0.29) is 11.7 Å². The molecular weight excluding hydrogens is 206 g/mol. The number of nitrogens with one attached hydrogen (secondary N) is 1. The molecule has 0 radical (unpaired) electrons. The number of thioether (sulfide) groups is 1. The molecule has 0 rings (SSSR count). The van der Waals surface area contributed by atoms with Crippen molar-refractivity contribution in [2.24, 2.45) is 0 Å². The van der Waals surface area contributed by atoms with Crippen LogP contribution in [0.15, 0.2) is 0 Å². The molecule has 1 amide bonds. The first-order valence-corrected chi connectivity index (χ1v) is 5.33. The van der Waals surface area contributed by atoms with Crippen LogP contribution in [0.2, 0.25) is 0 Å². The van der Waals surface area contributed by atoms with E-state index in [4.69, 9.17) is 9.84 Å². The lowest BCUT2D eigenvalue weighted by Gasteiger charge is -2.09. The first-order valence-electron chi connectivity index (χ1n) is 4.18. The molecular formula is C8H15NO4S. The van der Waals surface area contributed by atoms with Crippen molar-refractivity contribution in [1.29, 1.82) is 0 Å². The van der Waals surface area contributed by atoms with E-state index in [0.29, 0.717) is 12.3 Å². The predicted octanol–water partition coefficient (Wildman–Crippen LogP) is -0.0447. The highest BCUT2D eigenvalue weighted by molar-refractivity contribution is 7.99. The van der Waals surface area contributed by atoms with Gasteiger partial charge in [0.2, 0.25) is 5.91 Å². The number of carboxylic acid groups (broad SMARTS) is 1. The number of rotatable bonds is 7. The second kappa shape index (κ2) is 7.64. The summed E-state index contributed by atoms with van der Waals surface area (Å²) >= 11 is 1.27. The summed E-state index contributed by atoms with van der Waals surface area (Å²) in [7, 11) is 1.46. The second-order valence-corrected chi connectivity index (χ2v) is 3.72.